The molecule has 2 rings (SSSR count). The molecule has 1 amide bonds. The van der Waals surface area contributed by atoms with Gasteiger partial charge in [0.2, 0.25) is 0 Å². The van der Waals surface area contributed by atoms with Gasteiger partial charge in [0, 0.05) is 39.8 Å². The van der Waals surface area contributed by atoms with Crippen LogP contribution in [0.2, 0.25) is 0 Å². The number of amides is 1. The zero-order valence-electron chi connectivity index (χ0n) is 19.1. The van der Waals surface area contributed by atoms with Gasteiger partial charge < -0.3 is 25.0 Å². The summed E-state index contributed by atoms with van der Waals surface area (Å²) in [5.41, 5.74) is 0.905. The number of carbonyl (C=O) groups excluding carboxylic acids is 1. The molecule has 0 saturated carbocycles. The molecule has 1 aromatic rings. The summed E-state index contributed by atoms with van der Waals surface area (Å²) in [5.74, 6) is 1.43. The lowest BCUT2D eigenvalue weighted by molar-refractivity contribution is 0.0170. The molecular formula is C22H38N4O3S. The highest BCUT2D eigenvalue weighted by Crippen LogP contribution is 2.18. The van der Waals surface area contributed by atoms with Crippen molar-refractivity contribution in [3.8, 4) is 0 Å². The van der Waals surface area contributed by atoms with Gasteiger partial charge in [-0.3, -0.25) is 4.99 Å². The molecule has 2 N–H and O–H groups in total. The number of nitrogens with zero attached hydrogens (tertiary/aromatic N) is 2. The quantitative estimate of drug-likeness (QED) is 0.367. The van der Waals surface area contributed by atoms with Crippen LogP contribution in [0.3, 0.4) is 0 Å². The van der Waals surface area contributed by atoms with Crippen LogP contribution in [0.25, 0.3) is 0 Å². The van der Waals surface area contributed by atoms with Gasteiger partial charge in [-0.2, -0.15) is 11.3 Å². The first-order chi connectivity index (χ1) is 14.3. The first-order valence-corrected chi connectivity index (χ1v) is 11.8. The van der Waals surface area contributed by atoms with Gasteiger partial charge in [0.1, 0.15) is 5.60 Å². The van der Waals surface area contributed by atoms with Crippen molar-refractivity contribution in [3.05, 3.63) is 22.4 Å². The fourth-order valence-electron chi connectivity index (χ4n) is 3.31. The van der Waals surface area contributed by atoms with E-state index in [1.165, 1.54) is 5.56 Å². The van der Waals surface area contributed by atoms with Crippen LogP contribution < -0.4 is 10.6 Å². The molecule has 170 valence electrons. The Morgan fingerprint density at radius 1 is 1.33 bits per heavy atom. The number of guanidine groups is 1. The average molecular weight is 439 g/mol. The van der Waals surface area contributed by atoms with E-state index in [2.05, 4.69) is 44.3 Å². The van der Waals surface area contributed by atoms with Crippen LogP contribution in [-0.4, -0.2) is 68.5 Å². The topological polar surface area (TPSA) is 75.2 Å². The number of carbonyl (C=O) groups is 1. The minimum atomic E-state index is -0.466. The van der Waals surface area contributed by atoms with Crippen LogP contribution in [0.5, 0.6) is 0 Å². The molecule has 1 aromatic heterocycles. The molecular weight excluding hydrogens is 400 g/mol. The highest BCUT2D eigenvalue weighted by atomic mass is 32.1. The predicted octanol–water partition coefficient (Wildman–Crippen LogP) is 3.82. The zero-order chi connectivity index (χ0) is 22.0. The summed E-state index contributed by atoms with van der Waals surface area (Å²) >= 11 is 1.74. The van der Waals surface area contributed by atoms with E-state index in [0.29, 0.717) is 19.1 Å². The van der Waals surface area contributed by atoms with E-state index in [4.69, 9.17) is 9.47 Å². The number of nitrogens with one attached hydrogen (secondary N) is 2. The fraction of sp³-hybridized carbons (Fsp3) is 0.727. The maximum absolute atomic E-state index is 11.6. The zero-order valence-corrected chi connectivity index (χ0v) is 19.9. The van der Waals surface area contributed by atoms with Crippen LogP contribution >= 0.6 is 11.3 Å². The molecule has 8 heteroatoms. The molecule has 0 bridgehead atoms. The van der Waals surface area contributed by atoms with Gasteiger partial charge >= 0.3 is 6.09 Å². The van der Waals surface area contributed by atoms with Gasteiger partial charge in [0.25, 0.3) is 0 Å². The molecule has 1 unspecified atom stereocenters. The Bertz CT molecular complexity index is 650. The second kappa shape index (κ2) is 12.2. The smallest absolute Gasteiger partial charge is 0.407 e. The summed E-state index contributed by atoms with van der Waals surface area (Å²) in [7, 11) is 1.85. The number of thiophene rings is 1. The van der Waals surface area contributed by atoms with Gasteiger partial charge in [-0.05, 0) is 68.3 Å². The third kappa shape index (κ3) is 8.92. The standard InChI is InChI=1S/C22H38N4O3S/c1-17(18-9-14-30-16-18)15-25-20(23-5)26-11-7-19(8-12-26)28-13-6-10-24-21(27)29-22(2,3)4/h9,14,16-17,19H,6-8,10-13,15H2,1-5H3,(H,23,25)(H,24,27). The lowest BCUT2D eigenvalue weighted by atomic mass is 10.1. The molecule has 0 aromatic carbocycles. The molecule has 1 aliphatic heterocycles. The number of piperidine rings is 1. The van der Waals surface area contributed by atoms with Crippen molar-refractivity contribution in [2.75, 3.05) is 39.8 Å². The van der Waals surface area contributed by atoms with Gasteiger partial charge in [0.05, 0.1) is 6.10 Å². The van der Waals surface area contributed by atoms with Gasteiger partial charge in [0.15, 0.2) is 5.96 Å². The normalized spacial score (nSPS) is 17.0. The Hall–Kier alpha value is -1.80. The number of hydrogen-bond acceptors (Lipinski definition) is 5. The predicted molar refractivity (Wildman–Crippen MR) is 123 cm³/mol. The van der Waals surface area contributed by atoms with E-state index in [9.17, 15) is 4.79 Å². The number of ether oxygens (including phenoxy) is 2. The van der Waals surface area contributed by atoms with Crippen molar-refractivity contribution in [1.29, 1.82) is 0 Å². The summed E-state index contributed by atoms with van der Waals surface area (Å²) in [6.07, 6.45) is 2.65. The van der Waals surface area contributed by atoms with Crippen LogP contribution in [-0.2, 0) is 9.47 Å². The van der Waals surface area contributed by atoms with Crippen LogP contribution in [0.4, 0.5) is 4.79 Å². The molecule has 1 fully saturated rings. The maximum Gasteiger partial charge on any atom is 0.407 e. The summed E-state index contributed by atoms with van der Waals surface area (Å²) in [5, 5.41) is 10.6. The number of hydrogen-bond donors (Lipinski definition) is 2. The first kappa shape index (κ1) is 24.5. The Morgan fingerprint density at radius 2 is 2.07 bits per heavy atom. The van der Waals surface area contributed by atoms with Gasteiger partial charge in [-0.15, -0.1) is 0 Å². The maximum atomic E-state index is 11.6. The van der Waals surface area contributed by atoms with Crippen LogP contribution in [0.15, 0.2) is 21.8 Å². The average Bonchev–Trinajstić information content (AvgIpc) is 3.22. The minimum Gasteiger partial charge on any atom is -0.444 e. The lowest BCUT2D eigenvalue weighted by Crippen LogP contribution is -2.47. The number of likely N-dealkylation sites (tertiary alicyclic amines) is 1. The molecule has 0 aliphatic carbocycles. The molecule has 30 heavy (non-hydrogen) atoms. The Morgan fingerprint density at radius 3 is 2.67 bits per heavy atom. The fourth-order valence-corrected chi connectivity index (χ4v) is 4.09. The van der Waals surface area contributed by atoms with Crippen molar-refractivity contribution in [2.45, 2.75) is 64.6 Å². The van der Waals surface area contributed by atoms with Gasteiger partial charge in [-0.1, -0.05) is 6.92 Å². The summed E-state index contributed by atoms with van der Waals surface area (Å²) in [4.78, 5) is 18.4. The van der Waals surface area contributed by atoms with Crippen LogP contribution in [0.1, 0.15) is 58.4 Å². The summed E-state index contributed by atoms with van der Waals surface area (Å²) < 4.78 is 11.2. The Labute approximate surface area is 185 Å². The molecule has 1 atom stereocenters. The summed E-state index contributed by atoms with van der Waals surface area (Å²) in [6.45, 7) is 11.8. The lowest BCUT2D eigenvalue weighted by Gasteiger charge is -2.34. The molecule has 1 aliphatic rings. The highest BCUT2D eigenvalue weighted by molar-refractivity contribution is 7.07. The summed E-state index contributed by atoms with van der Waals surface area (Å²) in [6, 6.07) is 2.19. The molecule has 1 saturated heterocycles. The highest BCUT2D eigenvalue weighted by Gasteiger charge is 2.22. The van der Waals surface area contributed by atoms with E-state index in [1.807, 2.05) is 27.8 Å². The number of alkyl carbamates (subject to hydrolysis) is 1. The van der Waals surface area contributed by atoms with Gasteiger partial charge in [-0.25, -0.2) is 4.79 Å². The monoisotopic (exact) mass is 438 g/mol. The van der Waals surface area contributed by atoms with Crippen molar-refractivity contribution in [1.82, 2.24) is 15.5 Å². The second-order valence-corrected chi connectivity index (χ2v) is 9.51. The van der Waals surface area contributed by atoms with E-state index >= 15 is 0 Å². The van der Waals surface area contributed by atoms with E-state index in [-0.39, 0.29) is 12.2 Å². The SMILES string of the molecule is CN=C(NCC(C)c1ccsc1)N1CCC(OCCCNC(=O)OC(C)(C)C)CC1. The van der Waals surface area contributed by atoms with Crippen molar-refractivity contribution >= 4 is 23.4 Å². The Kier molecular flexibility index (Phi) is 9.91. The minimum absolute atomic E-state index is 0.269. The third-order valence-corrected chi connectivity index (χ3v) is 5.68. The van der Waals surface area contributed by atoms with E-state index < -0.39 is 5.60 Å². The largest absolute Gasteiger partial charge is 0.444 e. The first-order valence-electron chi connectivity index (χ1n) is 10.8. The van der Waals surface area contributed by atoms with Crippen molar-refractivity contribution in [2.24, 2.45) is 4.99 Å². The number of aliphatic imine (C=N–C) groups is 1. The molecule has 2 heterocycles. The van der Waals surface area contributed by atoms with Crippen molar-refractivity contribution in [3.63, 3.8) is 0 Å². The van der Waals surface area contributed by atoms with E-state index in [0.717, 1.165) is 44.9 Å². The Balaban J connectivity index is 1.59. The van der Waals surface area contributed by atoms with Crippen molar-refractivity contribution < 1.29 is 14.3 Å². The molecule has 0 radical (unpaired) electrons. The molecule has 7 nitrogen and oxygen atoms in total. The number of rotatable bonds is 8. The van der Waals surface area contributed by atoms with Crippen LogP contribution in [0, 0.1) is 0 Å². The molecule has 0 spiro atoms. The third-order valence-electron chi connectivity index (χ3n) is 4.97. The van der Waals surface area contributed by atoms with E-state index in [1.54, 1.807) is 11.3 Å². The second-order valence-electron chi connectivity index (χ2n) is 8.73.